The van der Waals surface area contributed by atoms with Gasteiger partial charge in [0.15, 0.2) is 0 Å². The Bertz CT molecular complexity index is 1050. The molecule has 0 saturated heterocycles. The van der Waals surface area contributed by atoms with Gasteiger partial charge in [0.1, 0.15) is 18.8 Å². The van der Waals surface area contributed by atoms with Crippen molar-refractivity contribution >= 4 is 11.8 Å². The Morgan fingerprint density at radius 1 is 1.03 bits per heavy atom. The van der Waals surface area contributed by atoms with Crippen molar-refractivity contribution in [2.24, 2.45) is 0 Å². The molecule has 1 aliphatic rings. The lowest BCUT2D eigenvalue weighted by Gasteiger charge is -2.21. The number of aliphatic hydroxyl groups excluding tert-OH is 2. The highest BCUT2D eigenvalue weighted by molar-refractivity contribution is 5.79. The molecule has 160 valence electrons. The highest BCUT2D eigenvalue weighted by atomic mass is 16.5. The fraction of sp³-hybridized carbons (Fsp3) is 0.240. The number of ether oxygens (including phenoxy) is 1. The van der Waals surface area contributed by atoms with Crippen LogP contribution in [0.1, 0.15) is 34.3 Å². The van der Waals surface area contributed by atoms with Gasteiger partial charge in [0.25, 0.3) is 0 Å². The molecule has 0 radical (unpaired) electrons. The fourth-order valence-electron chi connectivity index (χ4n) is 4.13. The smallest absolute Gasteiger partial charge is 0.407 e. The van der Waals surface area contributed by atoms with Crippen molar-refractivity contribution in [1.82, 2.24) is 5.32 Å². The van der Waals surface area contributed by atoms with Gasteiger partial charge in [0, 0.05) is 18.2 Å². The van der Waals surface area contributed by atoms with E-state index in [1.807, 2.05) is 31.2 Å². The van der Waals surface area contributed by atoms with Crippen molar-refractivity contribution in [3.63, 3.8) is 0 Å². The Morgan fingerprint density at radius 2 is 1.65 bits per heavy atom. The summed E-state index contributed by atoms with van der Waals surface area (Å²) in [7, 11) is 0. The van der Waals surface area contributed by atoms with E-state index in [1.54, 1.807) is 18.2 Å². The van der Waals surface area contributed by atoms with Crippen LogP contribution in [-0.2, 0) is 4.74 Å². The lowest BCUT2D eigenvalue weighted by atomic mass is 9.98. The van der Waals surface area contributed by atoms with Crippen molar-refractivity contribution in [2.75, 3.05) is 18.9 Å². The maximum atomic E-state index is 12.3. The minimum absolute atomic E-state index is 0.0383. The van der Waals surface area contributed by atoms with Crippen LogP contribution in [0.15, 0.2) is 66.7 Å². The van der Waals surface area contributed by atoms with Gasteiger partial charge in [0.2, 0.25) is 0 Å². The summed E-state index contributed by atoms with van der Waals surface area (Å²) in [5.74, 6) is -0.0383. The summed E-state index contributed by atoms with van der Waals surface area (Å²) in [5.41, 5.74) is 12.2. The highest BCUT2D eigenvalue weighted by Crippen LogP contribution is 2.44. The zero-order valence-corrected chi connectivity index (χ0v) is 17.3. The Labute approximate surface area is 181 Å². The molecule has 2 unspecified atom stereocenters. The van der Waals surface area contributed by atoms with Gasteiger partial charge >= 0.3 is 6.09 Å². The molecule has 0 spiro atoms. The first-order chi connectivity index (χ1) is 15.0. The van der Waals surface area contributed by atoms with Gasteiger partial charge in [-0.05, 0) is 52.4 Å². The Balaban J connectivity index is 1.35. The number of anilines is 1. The second kappa shape index (κ2) is 8.79. The standard InChI is InChI=1S/C25H26N2O4/c1-15-10-11-16(26)12-21(15)24(29)23(28)13-27-25(30)31-14-22-19-8-4-2-6-17(19)18-7-3-5-9-20(18)22/h2-12,22-24,28-29H,13-14,26H2,1H3,(H,27,30). The van der Waals surface area contributed by atoms with Gasteiger partial charge in [-0.1, -0.05) is 54.6 Å². The number of aryl methyl sites for hydroxylation is 1. The van der Waals surface area contributed by atoms with E-state index in [0.29, 0.717) is 11.3 Å². The minimum Gasteiger partial charge on any atom is -0.449 e. The van der Waals surface area contributed by atoms with Crippen LogP contribution in [0.2, 0.25) is 0 Å². The fourth-order valence-corrected chi connectivity index (χ4v) is 4.13. The zero-order chi connectivity index (χ0) is 22.0. The number of fused-ring (bicyclic) bond motifs is 3. The van der Waals surface area contributed by atoms with Crippen LogP contribution in [0.4, 0.5) is 10.5 Å². The van der Waals surface area contributed by atoms with E-state index in [-0.39, 0.29) is 19.1 Å². The van der Waals surface area contributed by atoms with Crippen LogP contribution in [0, 0.1) is 6.92 Å². The molecule has 0 fully saturated rings. The molecular formula is C25H26N2O4. The second-order valence-corrected chi connectivity index (χ2v) is 7.83. The van der Waals surface area contributed by atoms with Crippen LogP contribution in [0.25, 0.3) is 11.1 Å². The van der Waals surface area contributed by atoms with Gasteiger partial charge in [-0.2, -0.15) is 0 Å². The summed E-state index contributed by atoms with van der Waals surface area (Å²) >= 11 is 0. The number of carbonyl (C=O) groups excluding carboxylic acids is 1. The van der Waals surface area contributed by atoms with Crippen LogP contribution < -0.4 is 11.1 Å². The number of hydrogen-bond acceptors (Lipinski definition) is 5. The number of nitrogens with one attached hydrogen (secondary N) is 1. The predicted molar refractivity (Wildman–Crippen MR) is 120 cm³/mol. The van der Waals surface area contributed by atoms with Crippen molar-refractivity contribution in [2.45, 2.75) is 25.0 Å². The summed E-state index contributed by atoms with van der Waals surface area (Å²) in [6.45, 7) is 1.86. The molecule has 6 heteroatoms. The number of alkyl carbamates (subject to hydrolysis) is 1. The molecule has 31 heavy (non-hydrogen) atoms. The van der Waals surface area contributed by atoms with Crippen LogP contribution >= 0.6 is 0 Å². The largest absolute Gasteiger partial charge is 0.449 e. The van der Waals surface area contributed by atoms with Crippen LogP contribution in [-0.4, -0.2) is 35.6 Å². The third kappa shape index (κ3) is 4.26. The first-order valence-corrected chi connectivity index (χ1v) is 10.3. The summed E-state index contributed by atoms with van der Waals surface area (Å²) in [6.07, 6.45) is -3.00. The van der Waals surface area contributed by atoms with Gasteiger partial charge in [-0.25, -0.2) is 4.79 Å². The predicted octanol–water partition coefficient (Wildman–Crippen LogP) is 3.51. The number of rotatable bonds is 6. The van der Waals surface area contributed by atoms with E-state index < -0.39 is 18.3 Å². The summed E-state index contributed by atoms with van der Waals surface area (Å²) < 4.78 is 5.46. The molecule has 1 amide bonds. The monoisotopic (exact) mass is 418 g/mol. The number of hydrogen-bond donors (Lipinski definition) is 4. The molecule has 1 aliphatic carbocycles. The van der Waals surface area contributed by atoms with Crippen molar-refractivity contribution in [3.8, 4) is 11.1 Å². The molecular weight excluding hydrogens is 392 g/mol. The summed E-state index contributed by atoms with van der Waals surface area (Å²) in [4.78, 5) is 12.3. The molecule has 0 bridgehead atoms. The maximum Gasteiger partial charge on any atom is 0.407 e. The Morgan fingerprint density at radius 3 is 2.29 bits per heavy atom. The second-order valence-electron chi connectivity index (χ2n) is 7.83. The van der Waals surface area contributed by atoms with Crippen LogP contribution in [0.5, 0.6) is 0 Å². The molecule has 2 atom stereocenters. The molecule has 0 heterocycles. The zero-order valence-electron chi connectivity index (χ0n) is 17.3. The number of nitrogen functional groups attached to an aromatic ring is 1. The average Bonchev–Trinajstić information content (AvgIpc) is 3.11. The van der Waals surface area contributed by atoms with E-state index in [4.69, 9.17) is 10.5 Å². The quantitative estimate of drug-likeness (QED) is 0.459. The van der Waals surface area contributed by atoms with Gasteiger partial charge < -0.3 is 26.0 Å². The van der Waals surface area contributed by atoms with Crippen molar-refractivity contribution in [1.29, 1.82) is 0 Å². The molecule has 6 nitrogen and oxygen atoms in total. The number of benzene rings is 3. The average molecular weight is 418 g/mol. The third-order valence-electron chi connectivity index (χ3n) is 5.79. The van der Waals surface area contributed by atoms with E-state index >= 15 is 0 Å². The van der Waals surface area contributed by atoms with E-state index in [9.17, 15) is 15.0 Å². The molecule has 3 aromatic carbocycles. The molecule has 3 aromatic rings. The maximum absolute atomic E-state index is 12.3. The lowest BCUT2D eigenvalue weighted by molar-refractivity contribution is 0.0182. The normalized spacial score (nSPS) is 14.4. The number of aliphatic hydroxyl groups is 2. The molecule has 0 saturated carbocycles. The Hall–Kier alpha value is -3.35. The van der Waals surface area contributed by atoms with E-state index in [1.165, 1.54) is 0 Å². The molecule has 5 N–H and O–H groups in total. The Kier molecular flexibility index (Phi) is 5.93. The molecule has 0 aliphatic heterocycles. The number of nitrogens with two attached hydrogens (primary N) is 1. The van der Waals surface area contributed by atoms with Crippen molar-refractivity contribution < 1.29 is 19.7 Å². The SMILES string of the molecule is Cc1ccc(N)cc1C(O)C(O)CNC(=O)OCC1c2ccccc2-c2ccccc21. The first kappa shape index (κ1) is 20.9. The summed E-state index contributed by atoms with van der Waals surface area (Å²) in [6, 6.07) is 21.3. The lowest BCUT2D eigenvalue weighted by Crippen LogP contribution is -2.36. The molecule has 0 aromatic heterocycles. The first-order valence-electron chi connectivity index (χ1n) is 10.3. The number of carbonyl (C=O) groups is 1. The van der Waals surface area contributed by atoms with E-state index in [2.05, 4.69) is 29.6 Å². The highest BCUT2D eigenvalue weighted by Gasteiger charge is 2.29. The molecule has 4 rings (SSSR count). The summed E-state index contributed by atoms with van der Waals surface area (Å²) in [5, 5.41) is 23.3. The minimum atomic E-state index is -1.19. The van der Waals surface area contributed by atoms with Gasteiger partial charge in [0.05, 0.1) is 0 Å². The topological polar surface area (TPSA) is 105 Å². The number of amides is 1. The van der Waals surface area contributed by atoms with Gasteiger partial charge in [-0.3, -0.25) is 0 Å². The van der Waals surface area contributed by atoms with Gasteiger partial charge in [-0.15, -0.1) is 0 Å². The van der Waals surface area contributed by atoms with Crippen molar-refractivity contribution in [3.05, 3.63) is 89.0 Å². The van der Waals surface area contributed by atoms with E-state index in [0.717, 1.165) is 27.8 Å². The van der Waals surface area contributed by atoms with Crippen LogP contribution in [0.3, 0.4) is 0 Å². The third-order valence-corrected chi connectivity index (χ3v) is 5.79.